The van der Waals surface area contributed by atoms with E-state index in [9.17, 15) is 4.79 Å². The van der Waals surface area contributed by atoms with Crippen LogP contribution in [0.4, 0.5) is 0 Å². The Morgan fingerprint density at radius 3 is 2.29 bits per heavy atom. The van der Waals surface area contributed by atoms with Gasteiger partial charge in [0, 0.05) is 36.6 Å². The topological polar surface area (TPSA) is 28.5 Å². The molecule has 0 aliphatic rings. The number of aromatic nitrogens is 1. The van der Waals surface area contributed by atoms with E-state index in [0.29, 0.717) is 6.54 Å². The molecule has 0 aliphatic carbocycles. The van der Waals surface area contributed by atoms with Gasteiger partial charge in [-0.15, -0.1) is 0 Å². The van der Waals surface area contributed by atoms with Gasteiger partial charge in [-0.25, -0.2) is 0 Å². The van der Waals surface area contributed by atoms with Crippen LogP contribution >= 0.6 is 0 Å². The minimum Gasteiger partial charge on any atom is -0.349 e. The third-order valence-corrected chi connectivity index (χ3v) is 3.96. The molecule has 0 unspecified atom stereocenters. The van der Waals surface area contributed by atoms with Gasteiger partial charge in [0.1, 0.15) is 0 Å². The van der Waals surface area contributed by atoms with Crippen LogP contribution in [0, 0.1) is 13.8 Å². The maximum absolute atomic E-state index is 12.6. The molecule has 0 aliphatic heterocycles. The summed E-state index contributed by atoms with van der Waals surface area (Å²) in [5.41, 5.74) is 3.16. The highest BCUT2D eigenvalue weighted by Crippen LogP contribution is 2.16. The Morgan fingerprint density at radius 1 is 1.14 bits per heavy atom. The van der Waals surface area contributed by atoms with Gasteiger partial charge in [-0.1, -0.05) is 6.92 Å². The van der Waals surface area contributed by atoms with E-state index in [-0.39, 0.29) is 5.78 Å². The van der Waals surface area contributed by atoms with E-state index in [1.54, 1.807) is 0 Å². The fourth-order valence-electron chi connectivity index (χ4n) is 2.79. The van der Waals surface area contributed by atoms with E-state index < -0.39 is 0 Å². The lowest BCUT2D eigenvalue weighted by Crippen LogP contribution is -2.36. The van der Waals surface area contributed by atoms with Crippen LogP contribution < -0.4 is 0 Å². The quantitative estimate of drug-likeness (QED) is 0.655. The Balaban J connectivity index is 2.77. The molecule has 0 N–H and O–H groups in total. The van der Waals surface area contributed by atoms with Gasteiger partial charge in [-0.2, -0.15) is 0 Å². The van der Waals surface area contributed by atoms with E-state index in [0.717, 1.165) is 43.9 Å². The molecule has 0 fully saturated rings. The second-order valence-corrected chi connectivity index (χ2v) is 6.03. The lowest BCUT2D eigenvalue weighted by atomic mass is 10.1. The first-order chi connectivity index (χ1) is 9.90. The van der Waals surface area contributed by atoms with Crippen molar-refractivity contribution in [1.29, 1.82) is 0 Å². The van der Waals surface area contributed by atoms with Gasteiger partial charge >= 0.3 is 0 Å². The van der Waals surface area contributed by atoms with Crippen LogP contribution in [-0.2, 0) is 6.54 Å². The van der Waals surface area contributed by atoms with Crippen LogP contribution in [0.25, 0.3) is 0 Å². The smallest absolute Gasteiger partial charge is 0.178 e. The Bertz CT molecular complexity index is 463. The maximum atomic E-state index is 12.6. The van der Waals surface area contributed by atoms with Crippen LogP contribution in [0.1, 0.15) is 42.0 Å². The fraction of sp³-hybridized carbons (Fsp3) is 0.706. The van der Waals surface area contributed by atoms with Gasteiger partial charge in [-0.3, -0.25) is 9.69 Å². The number of carbonyl (C=O) groups is 1. The molecule has 4 heteroatoms. The SMILES string of the molecule is CCCN(CCN(C)C)CC(=O)c1cc(C)n(CC)c1C. The van der Waals surface area contributed by atoms with Crippen molar-refractivity contribution in [3.63, 3.8) is 0 Å². The molecule has 0 atom stereocenters. The molecule has 0 saturated carbocycles. The largest absolute Gasteiger partial charge is 0.349 e. The molecule has 0 saturated heterocycles. The third kappa shape index (κ3) is 4.97. The first-order valence-electron chi connectivity index (χ1n) is 7.97. The van der Waals surface area contributed by atoms with Gasteiger partial charge < -0.3 is 9.47 Å². The van der Waals surface area contributed by atoms with E-state index in [2.05, 4.69) is 49.2 Å². The lowest BCUT2D eigenvalue weighted by Gasteiger charge is -2.22. The van der Waals surface area contributed by atoms with Gasteiger partial charge in [0.05, 0.1) is 6.54 Å². The summed E-state index contributed by atoms with van der Waals surface area (Å²) in [6, 6.07) is 2.04. The molecule has 1 aromatic heterocycles. The number of Topliss-reactive ketones (excluding diaryl/α,β-unsaturated/α-hetero) is 1. The predicted molar refractivity (Wildman–Crippen MR) is 89.2 cm³/mol. The summed E-state index contributed by atoms with van der Waals surface area (Å²) in [4.78, 5) is 17.0. The molecule has 1 heterocycles. The molecule has 0 amide bonds. The third-order valence-electron chi connectivity index (χ3n) is 3.96. The Morgan fingerprint density at radius 2 is 1.81 bits per heavy atom. The Kier molecular flexibility index (Phi) is 7.12. The van der Waals surface area contributed by atoms with Crippen LogP contribution in [0.2, 0.25) is 0 Å². The summed E-state index contributed by atoms with van der Waals surface area (Å²) in [7, 11) is 4.14. The molecule has 1 rings (SSSR count). The molecule has 4 nitrogen and oxygen atoms in total. The van der Waals surface area contributed by atoms with E-state index in [1.807, 2.05) is 13.0 Å². The van der Waals surface area contributed by atoms with Crippen LogP contribution in [-0.4, -0.2) is 60.4 Å². The standard InChI is InChI=1S/C17H31N3O/c1-7-9-19(11-10-18(5)6)13-17(21)16-12-14(3)20(8-2)15(16)4/h12H,7-11,13H2,1-6H3. The first kappa shape index (κ1) is 17.9. The van der Waals surface area contributed by atoms with Crippen LogP contribution in [0.3, 0.4) is 0 Å². The zero-order valence-corrected chi connectivity index (χ0v) is 14.6. The predicted octanol–water partition coefficient (Wildman–Crippen LogP) is 2.58. The number of rotatable bonds is 9. The first-order valence-corrected chi connectivity index (χ1v) is 7.97. The summed E-state index contributed by atoms with van der Waals surface area (Å²) in [5.74, 6) is 0.245. The molecule has 0 radical (unpaired) electrons. The molecule has 0 bridgehead atoms. The molecule has 0 spiro atoms. The van der Waals surface area contributed by atoms with Crippen molar-refractivity contribution in [2.75, 3.05) is 40.3 Å². The molecule has 1 aromatic rings. The van der Waals surface area contributed by atoms with Crippen molar-refractivity contribution >= 4 is 5.78 Å². The van der Waals surface area contributed by atoms with Crippen molar-refractivity contribution < 1.29 is 4.79 Å². The monoisotopic (exact) mass is 293 g/mol. The number of carbonyl (C=O) groups excluding carboxylic acids is 1. The average molecular weight is 293 g/mol. The normalized spacial score (nSPS) is 11.6. The van der Waals surface area contributed by atoms with Crippen LogP contribution in [0.15, 0.2) is 6.07 Å². The van der Waals surface area contributed by atoms with Crippen molar-refractivity contribution in [2.24, 2.45) is 0 Å². The zero-order valence-electron chi connectivity index (χ0n) is 14.6. The fourth-order valence-corrected chi connectivity index (χ4v) is 2.79. The maximum Gasteiger partial charge on any atom is 0.178 e. The van der Waals surface area contributed by atoms with Crippen molar-refractivity contribution in [3.05, 3.63) is 23.0 Å². The van der Waals surface area contributed by atoms with Gasteiger partial charge in [0.25, 0.3) is 0 Å². The van der Waals surface area contributed by atoms with Crippen molar-refractivity contribution in [1.82, 2.24) is 14.4 Å². The molecule has 21 heavy (non-hydrogen) atoms. The van der Waals surface area contributed by atoms with E-state index in [1.165, 1.54) is 5.69 Å². The molecule has 0 aromatic carbocycles. The molecular formula is C17H31N3O. The number of nitrogens with zero attached hydrogens (tertiary/aromatic N) is 3. The summed E-state index contributed by atoms with van der Waals surface area (Å²) < 4.78 is 2.21. The minimum absolute atomic E-state index is 0.245. The minimum atomic E-state index is 0.245. The Labute approximate surface area is 129 Å². The number of hydrogen-bond acceptors (Lipinski definition) is 3. The van der Waals surface area contributed by atoms with Crippen molar-refractivity contribution in [3.8, 4) is 0 Å². The second-order valence-electron chi connectivity index (χ2n) is 6.03. The average Bonchev–Trinajstić information content (AvgIpc) is 2.71. The van der Waals surface area contributed by atoms with Gasteiger partial charge in [-0.05, 0) is 53.9 Å². The molecule has 120 valence electrons. The van der Waals surface area contributed by atoms with E-state index >= 15 is 0 Å². The summed E-state index contributed by atoms with van der Waals surface area (Å²) in [6.45, 7) is 12.8. The van der Waals surface area contributed by atoms with Gasteiger partial charge in [0.15, 0.2) is 5.78 Å². The highest BCUT2D eigenvalue weighted by atomic mass is 16.1. The number of hydrogen-bond donors (Lipinski definition) is 0. The summed E-state index contributed by atoms with van der Waals surface area (Å²) in [5, 5.41) is 0. The summed E-state index contributed by atoms with van der Waals surface area (Å²) >= 11 is 0. The van der Waals surface area contributed by atoms with Gasteiger partial charge in [0.2, 0.25) is 0 Å². The zero-order chi connectivity index (χ0) is 16.0. The van der Waals surface area contributed by atoms with Crippen molar-refractivity contribution in [2.45, 2.75) is 40.7 Å². The van der Waals surface area contributed by atoms with E-state index in [4.69, 9.17) is 0 Å². The molecular weight excluding hydrogens is 262 g/mol. The number of ketones is 1. The number of aryl methyl sites for hydroxylation is 1. The van der Waals surface area contributed by atoms with Crippen LogP contribution in [0.5, 0.6) is 0 Å². The highest BCUT2D eigenvalue weighted by Gasteiger charge is 2.17. The lowest BCUT2D eigenvalue weighted by molar-refractivity contribution is 0.0924. The summed E-state index contributed by atoms with van der Waals surface area (Å²) in [6.07, 6.45) is 1.08. The second kappa shape index (κ2) is 8.35. The number of likely N-dealkylation sites (N-methyl/N-ethyl adjacent to an activating group) is 1. The Hall–Kier alpha value is -1.13. The highest BCUT2D eigenvalue weighted by molar-refractivity contribution is 5.99.